The molecule has 0 bridgehead atoms. The number of ether oxygens (including phenoxy) is 3. The normalized spacial score (nSPS) is 11.2. The number of hydrogen-bond acceptors (Lipinski definition) is 6. The maximum absolute atomic E-state index is 13.5. The molecule has 0 heterocycles. The molecule has 3 rings (SSSR count). The number of methoxy groups -OCH3 is 3. The van der Waals surface area contributed by atoms with E-state index in [-0.39, 0.29) is 24.5 Å². The molecule has 3 aromatic rings. The second kappa shape index (κ2) is 12.4. The van der Waals surface area contributed by atoms with E-state index in [0.717, 1.165) is 11.1 Å². The van der Waals surface area contributed by atoms with Crippen LogP contribution >= 0.6 is 0 Å². The Morgan fingerprint density at radius 2 is 1.50 bits per heavy atom. The van der Waals surface area contributed by atoms with Crippen molar-refractivity contribution >= 4 is 15.9 Å². The second-order valence-electron chi connectivity index (χ2n) is 8.17. The summed E-state index contributed by atoms with van der Waals surface area (Å²) in [7, 11) is 0.685. The molecule has 0 atom stereocenters. The summed E-state index contributed by atoms with van der Waals surface area (Å²) in [6.45, 7) is 1.84. The van der Waals surface area contributed by atoms with Gasteiger partial charge in [-0.15, -0.1) is 0 Å². The van der Waals surface area contributed by atoms with Gasteiger partial charge in [-0.1, -0.05) is 36.4 Å². The van der Waals surface area contributed by atoms with Crippen molar-refractivity contribution in [3.63, 3.8) is 0 Å². The van der Waals surface area contributed by atoms with Crippen molar-refractivity contribution in [3.8, 4) is 17.2 Å². The van der Waals surface area contributed by atoms with E-state index in [9.17, 15) is 13.2 Å². The average molecular weight is 513 g/mol. The van der Waals surface area contributed by atoms with Crippen LogP contribution in [0.4, 0.5) is 0 Å². The Bertz CT molecular complexity index is 1280. The van der Waals surface area contributed by atoms with Crippen LogP contribution in [0.25, 0.3) is 0 Å². The molecule has 0 unspecified atom stereocenters. The van der Waals surface area contributed by atoms with Crippen LogP contribution in [0.5, 0.6) is 17.2 Å². The molecule has 1 amide bonds. The fourth-order valence-electron chi connectivity index (χ4n) is 3.75. The van der Waals surface area contributed by atoms with E-state index < -0.39 is 15.9 Å². The highest BCUT2D eigenvalue weighted by molar-refractivity contribution is 7.89. The topological polar surface area (TPSA) is 94.2 Å². The van der Waals surface area contributed by atoms with Crippen molar-refractivity contribution in [2.75, 3.05) is 34.4 Å². The van der Waals surface area contributed by atoms with E-state index in [1.165, 1.54) is 24.6 Å². The third-order valence-corrected chi connectivity index (χ3v) is 7.60. The van der Waals surface area contributed by atoms with E-state index in [2.05, 4.69) is 5.32 Å². The fourth-order valence-corrected chi connectivity index (χ4v) is 5.23. The molecule has 0 spiro atoms. The molecule has 0 saturated carbocycles. The predicted octanol–water partition coefficient (Wildman–Crippen LogP) is 3.57. The molecule has 0 aliphatic heterocycles. The van der Waals surface area contributed by atoms with Crippen molar-refractivity contribution < 1.29 is 27.4 Å². The zero-order valence-electron chi connectivity index (χ0n) is 21.0. The lowest BCUT2D eigenvalue weighted by Gasteiger charge is -2.22. The first-order valence-electron chi connectivity index (χ1n) is 11.4. The van der Waals surface area contributed by atoms with Crippen LogP contribution in [-0.2, 0) is 27.8 Å². The molecular weight excluding hydrogens is 480 g/mol. The second-order valence-corrected chi connectivity index (χ2v) is 10.1. The fraction of sp³-hybridized carbons (Fsp3) is 0.296. The van der Waals surface area contributed by atoms with E-state index >= 15 is 0 Å². The van der Waals surface area contributed by atoms with Crippen molar-refractivity contribution in [1.29, 1.82) is 0 Å². The highest BCUT2D eigenvalue weighted by Gasteiger charge is 2.27. The van der Waals surface area contributed by atoms with Gasteiger partial charge < -0.3 is 19.5 Å². The largest absolute Gasteiger partial charge is 0.496 e. The molecule has 0 aliphatic rings. The van der Waals surface area contributed by atoms with Gasteiger partial charge in [0, 0.05) is 13.1 Å². The van der Waals surface area contributed by atoms with Gasteiger partial charge in [0.25, 0.3) is 0 Å². The molecule has 9 heteroatoms. The van der Waals surface area contributed by atoms with Crippen molar-refractivity contribution in [3.05, 3.63) is 83.4 Å². The summed E-state index contributed by atoms with van der Waals surface area (Å²) in [6.07, 6.45) is 0.470. The minimum absolute atomic E-state index is 0.113. The maximum atomic E-state index is 13.5. The molecule has 0 aromatic heterocycles. The first-order chi connectivity index (χ1) is 17.3. The van der Waals surface area contributed by atoms with Crippen LogP contribution in [0.15, 0.2) is 71.6 Å². The Kier molecular flexibility index (Phi) is 9.32. The number of benzene rings is 3. The van der Waals surface area contributed by atoms with E-state index in [1.54, 1.807) is 38.3 Å². The SMILES string of the molecule is COc1ccc(S(=O)(=O)N(CCc2ccccc2)CC(=O)NCc2ccc(OC)c(OC)c2)cc1C. The first kappa shape index (κ1) is 27.0. The molecule has 0 fully saturated rings. The van der Waals surface area contributed by atoms with Gasteiger partial charge in [-0.05, 0) is 60.4 Å². The van der Waals surface area contributed by atoms with E-state index in [1.807, 2.05) is 36.4 Å². The Balaban J connectivity index is 1.77. The summed E-state index contributed by atoms with van der Waals surface area (Å²) in [5.74, 6) is 1.32. The first-order valence-corrected chi connectivity index (χ1v) is 12.9. The van der Waals surface area contributed by atoms with Crippen LogP contribution in [0.2, 0.25) is 0 Å². The third-order valence-electron chi connectivity index (χ3n) is 5.75. The lowest BCUT2D eigenvalue weighted by Crippen LogP contribution is -2.41. The van der Waals surface area contributed by atoms with Gasteiger partial charge in [0.1, 0.15) is 5.75 Å². The van der Waals surface area contributed by atoms with Gasteiger partial charge in [0.2, 0.25) is 15.9 Å². The molecule has 0 saturated heterocycles. The smallest absolute Gasteiger partial charge is 0.243 e. The lowest BCUT2D eigenvalue weighted by molar-refractivity contribution is -0.121. The Morgan fingerprint density at radius 1 is 0.833 bits per heavy atom. The average Bonchev–Trinajstić information content (AvgIpc) is 2.89. The summed E-state index contributed by atoms with van der Waals surface area (Å²) in [5, 5.41) is 2.81. The minimum atomic E-state index is -3.94. The van der Waals surface area contributed by atoms with Crippen molar-refractivity contribution in [2.24, 2.45) is 0 Å². The monoisotopic (exact) mass is 512 g/mol. The zero-order valence-corrected chi connectivity index (χ0v) is 21.8. The molecule has 0 radical (unpaired) electrons. The predicted molar refractivity (Wildman–Crippen MR) is 138 cm³/mol. The highest BCUT2D eigenvalue weighted by Crippen LogP contribution is 2.27. The minimum Gasteiger partial charge on any atom is -0.496 e. The number of aryl methyl sites for hydroxylation is 1. The van der Waals surface area contributed by atoms with Crippen LogP contribution in [-0.4, -0.2) is 53.0 Å². The van der Waals surface area contributed by atoms with Crippen molar-refractivity contribution in [2.45, 2.75) is 24.8 Å². The van der Waals surface area contributed by atoms with Gasteiger partial charge in [-0.3, -0.25) is 4.79 Å². The molecule has 192 valence electrons. The van der Waals surface area contributed by atoms with Gasteiger partial charge in [-0.25, -0.2) is 8.42 Å². The molecule has 1 N–H and O–H groups in total. The molecule has 0 aliphatic carbocycles. The molecule has 36 heavy (non-hydrogen) atoms. The lowest BCUT2D eigenvalue weighted by atomic mass is 10.1. The van der Waals surface area contributed by atoms with Gasteiger partial charge in [0.15, 0.2) is 11.5 Å². The standard InChI is InChI=1S/C27H32N2O6S/c1-20-16-23(11-13-24(20)33-2)36(31,32)29(15-14-21-8-6-5-7-9-21)19-27(30)28-18-22-10-12-25(34-3)26(17-22)35-4/h5-13,16-17H,14-15,18-19H2,1-4H3,(H,28,30). The summed E-state index contributed by atoms with van der Waals surface area (Å²) in [6, 6.07) is 19.6. The Labute approximate surface area is 212 Å². The summed E-state index contributed by atoms with van der Waals surface area (Å²) >= 11 is 0. The number of carbonyl (C=O) groups excluding carboxylic acids is 1. The number of nitrogens with zero attached hydrogens (tertiary/aromatic N) is 1. The number of hydrogen-bond donors (Lipinski definition) is 1. The third kappa shape index (κ3) is 6.77. The number of nitrogens with one attached hydrogen (secondary N) is 1. The quantitative estimate of drug-likeness (QED) is 0.399. The summed E-state index contributed by atoms with van der Waals surface area (Å²) < 4.78 is 44.1. The van der Waals surface area contributed by atoms with Crippen molar-refractivity contribution in [1.82, 2.24) is 9.62 Å². The maximum Gasteiger partial charge on any atom is 0.243 e. The zero-order chi connectivity index (χ0) is 26.1. The van der Waals surface area contributed by atoms with Gasteiger partial charge in [-0.2, -0.15) is 4.31 Å². The number of carbonyl (C=O) groups is 1. The van der Waals surface area contributed by atoms with E-state index in [0.29, 0.717) is 29.2 Å². The van der Waals surface area contributed by atoms with E-state index in [4.69, 9.17) is 14.2 Å². The van der Waals surface area contributed by atoms with Crippen LogP contribution in [0, 0.1) is 6.92 Å². The molecule has 8 nitrogen and oxygen atoms in total. The highest BCUT2D eigenvalue weighted by atomic mass is 32.2. The Hall–Kier alpha value is -3.56. The summed E-state index contributed by atoms with van der Waals surface area (Å²) in [4.78, 5) is 13.0. The van der Waals surface area contributed by atoms with Crippen LogP contribution in [0.1, 0.15) is 16.7 Å². The van der Waals surface area contributed by atoms with Gasteiger partial charge in [0.05, 0.1) is 32.8 Å². The van der Waals surface area contributed by atoms with Gasteiger partial charge >= 0.3 is 0 Å². The number of sulfonamides is 1. The molecule has 3 aromatic carbocycles. The Morgan fingerprint density at radius 3 is 2.14 bits per heavy atom. The van der Waals surface area contributed by atoms with Crippen LogP contribution < -0.4 is 19.5 Å². The summed E-state index contributed by atoms with van der Waals surface area (Å²) in [5.41, 5.74) is 2.47. The number of amides is 1. The number of rotatable bonds is 12. The molecular formula is C27H32N2O6S. The van der Waals surface area contributed by atoms with Crippen LogP contribution in [0.3, 0.4) is 0 Å².